The summed E-state index contributed by atoms with van der Waals surface area (Å²) in [5.74, 6) is 2.44. The lowest BCUT2D eigenvalue weighted by molar-refractivity contribution is -0.206. The predicted octanol–water partition coefficient (Wildman–Crippen LogP) is 2.78. The van der Waals surface area contributed by atoms with Crippen LogP contribution in [0.2, 0.25) is 0 Å². The maximum Gasteiger partial charge on any atom is 0.310 e. The van der Waals surface area contributed by atoms with Crippen molar-refractivity contribution in [1.82, 2.24) is 0 Å². The molecule has 2 aliphatic carbocycles. The van der Waals surface area contributed by atoms with Gasteiger partial charge < -0.3 is 13.9 Å². The molecule has 1 saturated heterocycles. The molecule has 35 heavy (non-hydrogen) atoms. The monoisotopic (exact) mass is 506 g/mol. The molecule has 3 fully saturated rings. The Labute approximate surface area is 205 Å². The molecular weight excluding hydrogens is 476 g/mol. The van der Waals surface area contributed by atoms with Crippen LogP contribution in [0.15, 0.2) is 16.7 Å². The van der Waals surface area contributed by atoms with E-state index in [1.54, 1.807) is 13.0 Å². The van der Waals surface area contributed by atoms with Crippen molar-refractivity contribution in [2.24, 2.45) is 28.6 Å². The topological polar surface area (TPSA) is 126 Å². The summed E-state index contributed by atoms with van der Waals surface area (Å²) in [7, 11) is -2.72. The number of hydrogen-bond acceptors (Lipinski definition) is 9. The second kappa shape index (κ2) is 8.79. The normalized spacial score (nSPS) is 36.8. The Morgan fingerprint density at radius 1 is 1.23 bits per heavy atom. The fraction of sp³-hybridized carbons (Fsp3) is 0.640. The number of esters is 2. The molecule has 4 rings (SSSR count). The highest BCUT2D eigenvalue weighted by Crippen LogP contribution is 2.65. The molecule has 0 radical (unpaired) electrons. The second-order valence-electron chi connectivity index (χ2n) is 10.2. The molecule has 0 bridgehead atoms. The third-order valence-electron chi connectivity index (χ3n) is 8.16. The van der Waals surface area contributed by atoms with Gasteiger partial charge in [-0.3, -0.25) is 18.6 Å². The first-order valence-electron chi connectivity index (χ1n) is 11.6. The average Bonchev–Trinajstić information content (AvgIpc) is 3.22. The van der Waals surface area contributed by atoms with Gasteiger partial charge in [-0.1, -0.05) is 19.8 Å². The molecule has 1 aromatic rings. The van der Waals surface area contributed by atoms with Crippen LogP contribution in [0, 0.1) is 40.4 Å². The Balaban J connectivity index is 1.82. The number of ketones is 1. The lowest BCUT2D eigenvalue weighted by Crippen LogP contribution is -2.64. The molecule has 0 spiro atoms. The van der Waals surface area contributed by atoms with Crippen LogP contribution in [0.1, 0.15) is 63.9 Å². The van der Waals surface area contributed by atoms with E-state index in [1.807, 2.05) is 13.8 Å². The highest BCUT2D eigenvalue weighted by atomic mass is 32.2. The zero-order valence-corrected chi connectivity index (χ0v) is 21.3. The lowest BCUT2D eigenvalue weighted by Gasteiger charge is -2.61. The number of furan rings is 1. The number of cyclic esters (lactones) is 1. The SMILES string of the molecule is CC#Cc1occc1C1CC2(C)C(CCC3(C)C(C(=O)OC)CC(OS(C)(=O)=O)C(=O)C32)C(=O)O1. The number of Topliss-reactive ketones (excluding diaryl/α,β-unsaturated/α-hetero) is 1. The molecule has 1 aliphatic heterocycles. The largest absolute Gasteiger partial charge is 0.469 e. The van der Waals surface area contributed by atoms with Crippen LogP contribution in [0.5, 0.6) is 0 Å². The molecule has 7 atom stereocenters. The number of carbonyl (C=O) groups excluding carboxylic acids is 3. The minimum atomic E-state index is -3.98. The van der Waals surface area contributed by atoms with E-state index >= 15 is 0 Å². The van der Waals surface area contributed by atoms with E-state index in [-0.39, 0.29) is 12.8 Å². The van der Waals surface area contributed by atoms with Crippen LogP contribution >= 0.6 is 0 Å². The van der Waals surface area contributed by atoms with Crippen LogP contribution < -0.4 is 0 Å². The smallest absolute Gasteiger partial charge is 0.310 e. The van der Waals surface area contributed by atoms with E-state index < -0.39 is 68.6 Å². The first-order valence-corrected chi connectivity index (χ1v) is 13.4. The molecule has 0 N–H and O–H groups in total. The van der Waals surface area contributed by atoms with Crippen molar-refractivity contribution in [2.75, 3.05) is 13.4 Å². The van der Waals surface area contributed by atoms with Crippen LogP contribution in [0.3, 0.4) is 0 Å². The summed E-state index contributed by atoms with van der Waals surface area (Å²) in [6, 6.07) is 1.69. The molecular formula is C25H30O9S. The highest BCUT2D eigenvalue weighted by Gasteiger charge is 2.67. The van der Waals surface area contributed by atoms with E-state index in [9.17, 15) is 22.8 Å². The zero-order chi connectivity index (χ0) is 25.8. The minimum absolute atomic E-state index is 0.0990. The average molecular weight is 507 g/mol. The van der Waals surface area contributed by atoms with Crippen LogP contribution in [0.25, 0.3) is 0 Å². The van der Waals surface area contributed by atoms with Crippen molar-refractivity contribution in [1.29, 1.82) is 0 Å². The van der Waals surface area contributed by atoms with Gasteiger partial charge in [0, 0.05) is 11.5 Å². The third kappa shape index (κ3) is 4.19. The number of methoxy groups -OCH3 is 1. The Morgan fingerprint density at radius 3 is 2.57 bits per heavy atom. The number of rotatable bonds is 4. The van der Waals surface area contributed by atoms with E-state index in [1.165, 1.54) is 13.4 Å². The first-order chi connectivity index (χ1) is 16.4. The third-order valence-corrected chi connectivity index (χ3v) is 8.74. The Bertz CT molecular complexity index is 1220. The van der Waals surface area contributed by atoms with Gasteiger partial charge in [-0.25, -0.2) is 0 Å². The highest BCUT2D eigenvalue weighted by molar-refractivity contribution is 7.86. The summed E-state index contributed by atoms with van der Waals surface area (Å²) in [4.78, 5) is 40.0. The molecule has 0 aromatic carbocycles. The molecule has 9 nitrogen and oxygen atoms in total. The van der Waals surface area contributed by atoms with Gasteiger partial charge in [0.25, 0.3) is 10.1 Å². The van der Waals surface area contributed by atoms with Crippen molar-refractivity contribution in [3.05, 3.63) is 23.7 Å². The van der Waals surface area contributed by atoms with Gasteiger partial charge in [0.1, 0.15) is 12.2 Å². The predicted molar refractivity (Wildman–Crippen MR) is 122 cm³/mol. The second-order valence-corrected chi connectivity index (χ2v) is 11.8. The summed E-state index contributed by atoms with van der Waals surface area (Å²) in [6.45, 7) is 5.38. The van der Waals surface area contributed by atoms with Gasteiger partial charge in [0.2, 0.25) is 0 Å². The Hall–Kier alpha value is -2.64. The molecule has 1 aromatic heterocycles. The maximum absolute atomic E-state index is 13.9. The standard InChI is InChI=1S/C25H30O9S/c1-6-7-17-14(9-11-32-17)19-13-25(3)15(23(28)33-19)8-10-24(2)16(22(27)31-4)12-18(20(26)21(24)25)34-35(5,29)30/h9,11,15-16,18-19,21H,8,10,12-13H2,1-5H3. The molecule has 190 valence electrons. The fourth-order valence-corrected chi connectivity index (χ4v) is 7.37. The van der Waals surface area contributed by atoms with E-state index in [2.05, 4.69) is 11.8 Å². The minimum Gasteiger partial charge on any atom is -0.469 e. The number of carbonyl (C=O) groups is 3. The van der Waals surface area contributed by atoms with E-state index in [4.69, 9.17) is 18.1 Å². The maximum atomic E-state index is 13.9. The molecule has 0 amide bonds. The van der Waals surface area contributed by atoms with Crippen LogP contribution in [-0.4, -0.2) is 45.6 Å². The summed E-state index contributed by atoms with van der Waals surface area (Å²) in [5, 5.41) is 0. The first kappa shape index (κ1) is 25.5. The van der Waals surface area contributed by atoms with Gasteiger partial charge in [0.05, 0.1) is 31.5 Å². The van der Waals surface area contributed by atoms with Gasteiger partial charge in [-0.2, -0.15) is 8.42 Å². The number of fused-ring (bicyclic) bond motifs is 3. The summed E-state index contributed by atoms with van der Waals surface area (Å²) in [5.41, 5.74) is -1.17. The van der Waals surface area contributed by atoms with Crippen molar-refractivity contribution in [3.63, 3.8) is 0 Å². The van der Waals surface area contributed by atoms with Crippen molar-refractivity contribution < 1.29 is 40.9 Å². The van der Waals surface area contributed by atoms with E-state index in [0.717, 1.165) is 6.26 Å². The fourth-order valence-electron chi connectivity index (χ4n) is 6.77. The lowest BCUT2D eigenvalue weighted by atomic mass is 9.43. The zero-order valence-electron chi connectivity index (χ0n) is 20.5. The molecule has 2 saturated carbocycles. The molecule has 3 aliphatic rings. The molecule has 7 unspecified atom stereocenters. The van der Waals surface area contributed by atoms with Gasteiger partial charge >= 0.3 is 11.9 Å². The summed E-state index contributed by atoms with van der Waals surface area (Å²) >= 11 is 0. The molecule has 10 heteroatoms. The van der Waals surface area contributed by atoms with Crippen molar-refractivity contribution >= 4 is 27.8 Å². The summed E-state index contributed by atoms with van der Waals surface area (Å²) < 4.78 is 45.4. The van der Waals surface area contributed by atoms with Crippen molar-refractivity contribution in [3.8, 4) is 11.8 Å². The van der Waals surface area contributed by atoms with Crippen molar-refractivity contribution in [2.45, 2.75) is 58.7 Å². The van der Waals surface area contributed by atoms with Crippen LogP contribution in [-0.2, 0) is 38.2 Å². The van der Waals surface area contributed by atoms with E-state index in [0.29, 0.717) is 24.2 Å². The number of hydrogen-bond donors (Lipinski definition) is 0. The Morgan fingerprint density at radius 2 is 1.94 bits per heavy atom. The number of ether oxygens (including phenoxy) is 2. The Kier molecular flexibility index (Phi) is 6.39. The summed E-state index contributed by atoms with van der Waals surface area (Å²) in [6.07, 6.45) is 1.32. The molecule has 2 heterocycles. The van der Waals surface area contributed by atoms with Gasteiger partial charge in [-0.05, 0) is 55.4 Å². The quantitative estimate of drug-likeness (QED) is 0.344. The van der Waals surface area contributed by atoms with Gasteiger partial charge in [0.15, 0.2) is 11.5 Å². The van der Waals surface area contributed by atoms with Crippen LogP contribution in [0.4, 0.5) is 0 Å². The van der Waals surface area contributed by atoms with Gasteiger partial charge in [-0.15, -0.1) is 0 Å².